The Hall–Kier alpha value is -3.63. The number of rotatable bonds is 5. The number of aliphatic imine (C=N–C) groups is 1. The van der Waals surface area contributed by atoms with E-state index in [4.69, 9.17) is 5.73 Å². The predicted octanol–water partition coefficient (Wildman–Crippen LogP) is 2.89. The summed E-state index contributed by atoms with van der Waals surface area (Å²) in [6, 6.07) is 12.6. The van der Waals surface area contributed by atoms with E-state index in [9.17, 15) is 12.8 Å². The van der Waals surface area contributed by atoms with Gasteiger partial charge in [0, 0.05) is 36.3 Å². The third-order valence-corrected chi connectivity index (χ3v) is 6.49. The van der Waals surface area contributed by atoms with Crippen molar-refractivity contribution in [2.75, 3.05) is 11.6 Å². The molecule has 2 aromatic carbocycles. The third-order valence-electron chi connectivity index (χ3n) is 5.36. The molecule has 3 aromatic rings. The number of hydrogen-bond donors (Lipinski definition) is 3. The van der Waals surface area contributed by atoms with E-state index in [2.05, 4.69) is 25.6 Å². The molecule has 0 aliphatic carbocycles. The van der Waals surface area contributed by atoms with Crippen LogP contribution in [0, 0.1) is 5.82 Å². The Morgan fingerprint density at radius 2 is 1.79 bits per heavy atom. The first-order valence-corrected chi connectivity index (χ1v) is 12.0. The second kappa shape index (κ2) is 8.72. The molecule has 10 heteroatoms. The molecule has 4 rings (SSSR count). The number of amidine groups is 1. The number of halogens is 1. The van der Waals surface area contributed by atoms with Crippen LogP contribution in [0.4, 0.5) is 10.2 Å². The van der Waals surface area contributed by atoms with E-state index in [1.807, 2.05) is 6.92 Å². The lowest BCUT2D eigenvalue weighted by Crippen LogP contribution is -2.57. The molecule has 0 bridgehead atoms. The molecule has 0 saturated heterocycles. The minimum absolute atomic E-state index is 0.216. The Morgan fingerprint density at radius 1 is 1.09 bits per heavy atom. The van der Waals surface area contributed by atoms with Crippen molar-refractivity contribution >= 4 is 27.2 Å². The maximum atomic E-state index is 13.4. The van der Waals surface area contributed by atoms with Gasteiger partial charge in [0.15, 0.2) is 15.6 Å². The summed E-state index contributed by atoms with van der Waals surface area (Å²) in [5, 5.41) is 6.38. The summed E-state index contributed by atoms with van der Waals surface area (Å²) in [5.74, 6) is -1.06. The third kappa shape index (κ3) is 5.07. The summed E-state index contributed by atoms with van der Waals surface area (Å²) in [7, 11) is -3.32. The van der Waals surface area contributed by atoms with Gasteiger partial charge in [0.05, 0.1) is 11.1 Å². The fraction of sp³-hybridized carbons (Fsp3) is 0.174. The van der Waals surface area contributed by atoms with E-state index in [0.717, 1.165) is 17.4 Å². The van der Waals surface area contributed by atoms with Crippen LogP contribution >= 0.6 is 0 Å². The van der Waals surface area contributed by atoms with E-state index in [-0.39, 0.29) is 16.6 Å². The second-order valence-corrected chi connectivity index (χ2v) is 9.81. The fourth-order valence-corrected chi connectivity index (χ4v) is 4.09. The Morgan fingerprint density at radius 3 is 2.39 bits per heavy atom. The summed E-state index contributed by atoms with van der Waals surface area (Å²) in [5.41, 5.74) is 8.88. The number of nitrogens with zero attached hydrogens (tertiary/aromatic N) is 3. The van der Waals surface area contributed by atoms with Gasteiger partial charge < -0.3 is 10.6 Å². The topological polar surface area (TPSA) is 122 Å². The highest BCUT2D eigenvalue weighted by Gasteiger charge is 2.36. The highest BCUT2D eigenvalue weighted by atomic mass is 32.2. The SMILES string of the molecule is CC(c1ccc(F)cc1)C1(N)N=C(Nc2cnccn2)C=C(c2ccc(S(C)(=O)=O)cc2)N1. The average molecular weight is 467 g/mol. The predicted molar refractivity (Wildman–Crippen MR) is 125 cm³/mol. The molecule has 1 aromatic heterocycles. The second-order valence-electron chi connectivity index (χ2n) is 7.79. The fourth-order valence-electron chi connectivity index (χ4n) is 3.45. The molecule has 1 aliphatic rings. The van der Waals surface area contributed by atoms with E-state index in [1.165, 1.54) is 24.3 Å². The maximum Gasteiger partial charge on any atom is 0.191 e. The van der Waals surface area contributed by atoms with Crippen LogP contribution in [0.25, 0.3) is 5.70 Å². The van der Waals surface area contributed by atoms with Crippen molar-refractivity contribution in [1.29, 1.82) is 0 Å². The van der Waals surface area contributed by atoms with Crippen molar-refractivity contribution < 1.29 is 12.8 Å². The highest BCUT2D eigenvalue weighted by molar-refractivity contribution is 7.90. The molecule has 0 spiro atoms. The van der Waals surface area contributed by atoms with E-state index < -0.39 is 15.6 Å². The van der Waals surface area contributed by atoms with Crippen molar-refractivity contribution in [2.24, 2.45) is 10.7 Å². The van der Waals surface area contributed by atoms with Crippen molar-refractivity contribution in [1.82, 2.24) is 15.3 Å². The minimum Gasteiger partial charge on any atom is -0.348 e. The molecule has 2 atom stereocenters. The van der Waals surface area contributed by atoms with Gasteiger partial charge in [0.2, 0.25) is 0 Å². The van der Waals surface area contributed by atoms with Gasteiger partial charge >= 0.3 is 0 Å². The molecule has 2 unspecified atom stereocenters. The molecule has 4 N–H and O–H groups in total. The van der Waals surface area contributed by atoms with Gasteiger partial charge in [0.1, 0.15) is 17.5 Å². The van der Waals surface area contributed by atoms with Crippen LogP contribution in [0.1, 0.15) is 24.0 Å². The monoisotopic (exact) mass is 466 g/mol. The van der Waals surface area contributed by atoms with E-state index in [1.54, 1.807) is 48.9 Å². The van der Waals surface area contributed by atoms with Gasteiger partial charge in [-0.2, -0.15) is 0 Å². The quantitative estimate of drug-likeness (QED) is 0.528. The van der Waals surface area contributed by atoms with Crippen molar-refractivity contribution in [3.63, 3.8) is 0 Å². The average Bonchev–Trinajstić information content (AvgIpc) is 2.79. The van der Waals surface area contributed by atoms with Gasteiger partial charge in [-0.25, -0.2) is 22.8 Å². The first kappa shape index (κ1) is 22.6. The van der Waals surface area contributed by atoms with Crippen molar-refractivity contribution in [2.45, 2.75) is 23.5 Å². The van der Waals surface area contributed by atoms with Crippen molar-refractivity contribution in [3.8, 4) is 0 Å². The first-order valence-electron chi connectivity index (χ1n) is 10.1. The number of nitrogens with two attached hydrogens (primary N) is 1. The molecule has 1 aliphatic heterocycles. The summed E-state index contributed by atoms with van der Waals surface area (Å²) in [6.07, 6.45) is 7.58. The molecule has 33 heavy (non-hydrogen) atoms. The zero-order chi connectivity index (χ0) is 23.6. The first-order chi connectivity index (χ1) is 15.6. The Bertz CT molecular complexity index is 1310. The van der Waals surface area contributed by atoms with Crippen LogP contribution in [0.5, 0.6) is 0 Å². The molecule has 0 radical (unpaired) electrons. The van der Waals surface area contributed by atoms with Gasteiger partial charge in [-0.15, -0.1) is 0 Å². The minimum atomic E-state index is -3.32. The van der Waals surface area contributed by atoms with Crippen LogP contribution in [0.3, 0.4) is 0 Å². The van der Waals surface area contributed by atoms with Crippen LogP contribution in [0.15, 0.2) is 83.1 Å². The summed E-state index contributed by atoms with van der Waals surface area (Å²) in [4.78, 5) is 13.2. The number of nitrogens with one attached hydrogen (secondary N) is 2. The standard InChI is InChI=1S/C23H23FN6O2S/c1-15(16-3-7-18(24)8-4-16)23(25)29-20(17-5-9-19(10-6-17)33(2,31)32)13-21(30-23)28-22-14-26-11-12-27-22/h3-15,29H,25H2,1-2H3,(H,27,28,30). The molecular weight excluding hydrogens is 443 g/mol. The lowest BCUT2D eigenvalue weighted by molar-refractivity contribution is 0.339. The molecule has 0 amide bonds. The van der Waals surface area contributed by atoms with Crippen LogP contribution < -0.4 is 16.4 Å². The van der Waals surface area contributed by atoms with Gasteiger partial charge in [-0.1, -0.05) is 31.2 Å². The zero-order valence-electron chi connectivity index (χ0n) is 18.0. The molecule has 0 saturated carbocycles. The van der Waals surface area contributed by atoms with Gasteiger partial charge in [0.25, 0.3) is 0 Å². The summed E-state index contributed by atoms with van der Waals surface area (Å²) >= 11 is 0. The molecule has 2 heterocycles. The van der Waals surface area contributed by atoms with E-state index >= 15 is 0 Å². The largest absolute Gasteiger partial charge is 0.348 e. The summed E-state index contributed by atoms with van der Waals surface area (Å²) < 4.78 is 37.1. The molecule has 0 fully saturated rings. The van der Waals surface area contributed by atoms with Crippen LogP contribution in [-0.4, -0.2) is 36.3 Å². The normalized spacial score (nSPS) is 19.2. The number of sulfone groups is 1. The van der Waals surface area contributed by atoms with Crippen LogP contribution in [0.2, 0.25) is 0 Å². The number of benzene rings is 2. The number of aromatic nitrogens is 2. The van der Waals surface area contributed by atoms with Crippen LogP contribution in [-0.2, 0) is 9.84 Å². The molecule has 8 nitrogen and oxygen atoms in total. The van der Waals surface area contributed by atoms with E-state index in [0.29, 0.717) is 17.4 Å². The Labute approximate surface area is 191 Å². The smallest absolute Gasteiger partial charge is 0.191 e. The highest BCUT2D eigenvalue weighted by Crippen LogP contribution is 2.31. The Balaban J connectivity index is 1.73. The van der Waals surface area contributed by atoms with Crippen molar-refractivity contribution in [3.05, 3.63) is 90.1 Å². The lowest BCUT2D eigenvalue weighted by atomic mass is 9.92. The van der Waals surface area contributed by atoms with Gasteiger partial charge in [-0.3, -0.25) is 10.7 Å². The number of hydrogen-bond acceptors (Lipinski definition) is 8. The zero-order valence-corrected chi connectivity index (χ0v) is 18.8. The molecular formula is C23H23FN6O2S. The number of anilines is 1. The van der Waals surface area contributed by atoms with Gasteiger partial charge in [-0.05, 0) is 35.4 Å². The summed E-state index contributed by atoms with van der Waals surface area (Å²) in [6.45, 7) is 1.89. The lowest BCUT2D eigenvalue weighted by Gasteiger charge is -2.38. The molecule has 170 valence electrons. The maximum absolute atomic E-state index is 13.4. The Kier molecular flexibility index (Phi) is 5.96.